The first-order valence-electron chi connectivity index (χ1n) is 6.36. The van der Waals surface area contributed by atoms with Crippen molar-refractivity contribution in [2.75, 3.05) is 6.54 Å². The van der Waals surface area contributed by atoms with Crippen molar-refractivity contribution < 1.29 is 8.78 Å². The summed E-state index contributed by atoms with van der Waals surface area (Å²) in [6.45, 7) is 4.40. The van der Waals surface area contributed by atoms with Gasteiger partial charge in [-0.05, 0) is 43.0 Å². The van der Waals surface area contributed by atoms with Gasteiger partial charge in [-0.1, -0.05) is 19.1 Å². The third kappa shape index (κ3) is 3.01. The molecule has 0 aliphatic heterocycles. The van der Waals surface area contributed by atoms with E-state index in [9.17, 15) is 8.78 Å². The second kappa shape index (κ2) is 6.26. The van der Waals surface area contributed by atoms with E-state index in [4.69, 9.17) is 0 Å². The predicted octanol–water partition coefficient (Wildman–Crippen LogP) is 4.42. The number of halogens is 2. The Morgan fingerprint density at radius 1 is 1.26 bits per heavy atom. The molecule has 0 amide bonds. The highest BCUT2D eigenvalue weighted by molar-refractivity contribution is 7.10. The summed E-state index contributed by atoms with van der Waals surface area (Å²) in [5, 5.41) is 5.15. The smallest absolute Gasteiger partial charge is 0.134 e. The molecule has 4 heteroatoms. The highest BCUT2D eigenvalue weighted by Crippen LogP contribution is 2.31. The largest absolute Gasteiger partial charge is 0.305 e. The minimum atomic E-state index is -0.495. The topological polar surface area (TPSA) is 12.0 Å². The van der Waals surface area contributed by atoms with Crippen molar-refractivity contribution in [2.24, 2.45) is 0 Å². The average molecular weight is 281 g/mol. The normalized spacial score (nSPS) is 12.6. The summed E-state index contributed by atoms with van der Waals surface area (Å²) in [5.41, 5.74) is 0.590. The average Bonchev–Trinajstić information content (AvgIpc) is 2.92. The molecule has 0 fully saturated rings. The molecule has 2 rings (SSSR count). The third-order valence-corrected chi connectivity index (χ3v) is 3.97. The second-order valence-corrected chi connectivity index (χ2v) is 5.47. The molecule has 0 aliphatic carbocycles. The molecule has 1 heterocycles. The SMILES string of the molecule is CCCNC(c1cccs1)c1c(F)ccc(C)c1F. The number of hydrogen-bond acceptors (Lipinski definition) is 2. The van der Waals surface area contributed by atoms with Gasteiger partial charge in [-0.2, -0.15) is 0 Å². The van der Waals surface area contributed by atoms with Gasteiger partial charge in [0.1, 0.15) is 11.6 Å². The van der Waals surface area contributed by atoms with Crippen molar-refractivity contribution in [3.8, 4) is 0 Å². The molecule has 0 saturated carbocycles. The van der Waals surface area contributed by atoms with Crippen molar-refractivity contribution in [1.82, 2.24) is 5.32 Å². The van der Waals surface area contributed by atoms with Crippen LogP contribution in [0, 0.1) is 18.6 Å². The van der Waals surface area contributed by atoms with E-state index >= 15 is 0 Å². The molecule has 1 N–H and O–H groups in total. The van der Waals surface area contributed by atoms with Gasteiger partial charge < -0.3 is 5.32 Å². The van der Waals surface area contributed by atoms with Crippen LogP contribution in [0.4, 0.5) is 8.78 Å². The van der Waals surface area contributed by atoms with Crippen LogP contribution in [0.3, 0.4) is 0 Å². The molecule has 0 bridgehead atoms. The highest BCUT2D eigenvalue weighted by Gasteiger charge is 2.23. The van der Waals surface area contributed by atoms with E-state index in [1.165, 1.54) is 23.5 Å². The lowest BCUT2D eigenvalue weighted by molar-refractivity contribution is 0.502. The van der Waals surface area contributed by atoms with Crippen LogP contribution < -0.4 is 5.32 Å². The Bertz CT molecular complexity index is 537. The molecule has 0 saturated heterocycles. The molecular formula is C15H17F2NS. The van der Waals surface area contributed by atoms with Gasteiger partial charge in [0.25, 0.3) is 0 Å². The van der Waals surface area contributed by atoms with Crippen LogP contribution in [0.25, 0.3) is 0 Å². The maximum absolute atomic E-state index is 14.3. The lowest BCUT2D eigenvalue weighted by Gasteiger charge is -2.19. The fourth-order valence-electron chi connectivity index (χ4n) is 2.03. The minimum absolute atomic E-state index is 0.121. The number of hydrogen-bond donors (Lipinski definition) is 1. The van der Waals surface area contributed by atoms with E-state index < -0.39 is 17.7 Å². The Kier molecular flexibility index (Phi) is 4.66. The monoisotopic (exact) mass is 281 g/mol. The Balaban J connectivity index is 2.46. The zero-order valence-electron chi connectivity index (χ0n) is 11.0. The van der Waals surface area contributed by atoms with Gasteiger partial charge in [-0.3, -0.25) is 0 Å². The fourth-order valence-corrected chi connectivity index (χ4v) is 2.84. The number of nitrogens with one attached hydrogen (secondary N) is 1. The number of thiophene rings is 1. The first kappa shape index (κ1) is 14.2. The zero-order chi connectivity index (χ0) is 13.8. The van der Waals surface area contributed by atoms with Crippen molar-refractivity contribution in [2.45, 2.75) is 26.3 Å². The molecule has 0 spiro atoms. The van der Waals surface area contributed by atoms with E-state index in [1.54, 1.807) is 6.92 Å². The summed E-state index contributed by atoms with van der Waals surface area (Å²) in [5.74, 6) is -0.952. The zero-order valence-corrected chi connectivity index (χ0v) is 11.9. The summed E-state index contributed by atoms with van der Waals surface area (Å²) in [4.78, 5) is 0.928. The predicted molar refractivity (Wildman–Crippen MR) is 75.6 cm³/mol. The molecule has 1 aromatic carbocycles. The van der Waals surface area contributed by atoms with Gasteiger partial charge in [0, 0.05) is 10.4 Å². The number of rotatable bonds is 5. The van der Waals surface area contributed by atoms with Gasteiger partial charge in [-0.15, -0.1) is 11.3 Å². The second-order valence-electron chi connectivity index (χ2n) is 4.49. The van der Waals surface area contributed by atoms with Crippen molar-refractivity contribution in [3.05, 3.63) is 57.3 Å². The third-order valence-electron chi connectivity index (χ3n) is 3.03. The van der Waals surface area contributed by atoms with Crippen LogP contribution in [-0.2, 0) is 0 Å². The lowest BCUT2D eigenvalue weighted by Crippen LogP contribution is -2.24. The standard InChI is InChI=1S/C15H17F2NS/c1-3-8-18-15(12-5-4-9-19-12)13-11(16)7-6-10(2)14(13)17/h4-7,9,15,18H,3,8H2,1-2H3. The molecular weight excluding hydrogens is 264 g/mol. The van der Waals surface area contributed by atoms with Crippen LogP contribution in [0.5, 0.6) is 0 Å². The van der Waals surface area contributed by atoms with Crippen LogP contribution in [0.2, 0.25) is 0 Å². The molecule has 1 aromatic heterocycles. The summed E-state index contributed by atoms with van der Waals surface area (Å²) in [7, 11) is 0. The van der Waals surface area contributed by atoms with Crippen molar-refractivity contribution >= 4 is 11.3 Å². The van der Waals surface area contributed by atoms with Gasteiger partial charge >= 0.3 is 0 Å². The number of aryl methyl sites for hydroxylation is 1. The molecule has 1 nitrogen and oxygen atoms in total. The Labute approximate surface area is 116 Å². The van der Waals surface area contributed by atoms with Crippen LogP contribution in [0.1, 0.15) is 35.4 Å². The number of benzene rings is 1. The van der Waals surface area contributed by atoms with E-state index in [-0.39, 0.29) is 5.56 Å². The molecule has 2 aromatic rings. The molecule has 102 valence electrons. The summed E-state index contributed by atoms with van der Waals surface area (Å²) >= 11 is 1.50. The first-order chi connectivity index (χ1) is 9.15. The highest BCUT2D eigenvalue weighted by atomic mass is 32.1. The maximum atomic E-state index is 14.3. The Morgan fingerprint density at radius 2 is 2.05 bits per heavy atom. The maximum Gasteiger partial charge on any atom is 0.134 e. The van der Waals surface area contributed by atoms with Crippen molar-refractivity contribution in [1.29, 1.82) is 0 Å². The lowest BCUT2D eigenvalue weighted by atomic mass is 10.0. The summed E-state index contributed by atoms with van der Waals surface area (Å²) < 4.78 is 28.3. The van der Waals surface area contributed by atoms with Gasteiger partial charge in [0.15, 0.2) is 0 Å². The molecule has 1 atom stereocenters. The quantitative estimate of drug-likeness (QED) is 0.855. The van der Waals surface area contributed by atoms with E-state index in [1.807, 2.05) is 24.4 Å². The molecule has 0 aliphatic rings. The van der Waals surface area contributed by atoms with E-state index in [0.29, 0.717) is 5.56 Å². The fraction of sp³-hybridized carbons (Fsp3) is 0.333. The van der Waals surface area contributed by atoms with Crippen molar-refractivity contribution in [3.63, 3.8) is 0 Å². The van der Waals surface area contributed by atoms with E-state index in [0.717, 1.165) is 17.8 Å². The van der Waals surface area contributed by atoms with Gasteiger partial charge in [0.2, 0.25) is 0 Å². The molecule has 19 heavy (non-hydrogen) atoms. The van der Waals surface area contributed by atoms with Crippen LogP contribution in [0.15, 0.2) is 29.6 Å². The van der Waals surface area contributed by atoms with Gasteiger partial charge in [0.05, 0.1) is 6.04 Å². The van der Waals surface area contributed by atoms with Crippen LogP contribution in [-0.4, -0.2) is 6.54 Å². The Hall–Kier alpha value is -1.26. The molecule has 1 unspecified atom stereocenters. The molecule has 0 radical (unpaired) electrons. The van der Waals surface area contributed by atoms with Crippen LogP contribution >= 0.6 is 11.3 Å². The first-order valence-corrected chi connectivity index (χ1v) is 7.24. The summed E-state index contributed by atoms with van der Waals surface area (Å²) in [6.07, 6.45) is 0.914. The summed E-state index contributed by atoms with van der Waals surface area (Å²) in [6, 6.07) is 6.19. The minimum Gasteiger partial charge on any atom is -0.305 e. The van der Waals surface area contributed by atoms with Gasteiger partial charge in [-0.25, -0.2) is 8.78 Å². The Morgan fingerprint density at radius 3 is 2.68 bits per heavy atom. The van der Waals surface area contributed by atoms with E-state index in [2.05, 4.69) is 5.32 Å².